The Hall–Kier alpha value is -1.66. The fourth-order valence-corrected chi connectivity index (χ4v) is 2.04. The lowest BCUT2D eigenvalue weighted by atomic mass is 9.98. The fourth-order valence-electron chi connectivity index (χ4n) is 1.82. The molecule has 0 radical (unpaired) electrons. The van der Waals surface area contributed by atoms with E-state index in [2.05, 4.69) is 0 Å². The van der Waals surface area contributed by atoms with Gasteiger partial charge in [-0.1, -0.05) is 11.6 Å². The van der Waals surface area contributed by atoms with Crippen LogP contribution in [0.3, 0.4) is 0 Å². The molecule has 0 aromatic heterocycles. The molecular formula is C14H8ClF5O. The number of benzene rings is 2. The van der Waals surface area contributed by atoms with Gasteiger partial charge in [0.1, 0.15) is 17.7 Å². The molecule has 0 saturated heterocycles. The first-order chi connectivity index (χ1) is 9.70. The van der Waals surface area contributed by atoms with E-state index in [-0.39, 0.29) is 10.6 Å². The number of halogens is 6. The smallest absolute Gasteiger partial charge is 0.383 e. The Balaban J connectivity index is 2.52. The monoisotopic (exact) mass is 322 g/mol. The zero-order valence-corrected chi connectivity index (χ0v) is 11.0. The van der Waals surface area contributed by atoms with Crippen LogP contribution in [0.5, 0.6) is 0 Å². The molecule has 112 valence electrons. The third kappa shape index (κ3) is 3.33. The second kappa shape index (κ2) is 5.61. The van der Waals surface area contributed by atoms with Crippen LogP contribution in [0.25, 0.3) is 0 Å². The van der Waals surface area contributed by atoms with Gasteiger partial charge in [0, 0.05) is 16.1 Å². The summed E-state index contributed by atoms with van der Waals surface area (Å²) in [6.45, 7) is 0. The number of hydrogen-bond acceptors (Lipinski definition) is 1. The summed E-state index contributed by atoms with van der Waals surface area (Å²) in [6.07, 6.45) is -6.50. The van der Waals surface area contributed by atoms with Crippen LogP contribution in [-0.2, 0) is 6.18 Å². The van der Waals surface area contributed by atoms with E-state index in [4.69, 9.17) is 11.6 Å². The van der Waals surface area contributed by atoms with Gasteiger partial charge in [0.25, 0.3) is 0 Å². The average molecular weight is 323 g/mol. The Kier molecular flexibility index (Phi) is 4.20. The van der Waals surface area contributed by atoms with Crippen LogP contribution in [0, 0.1) is 11.6 Å². The minimum Gasteiger partial charge on any atom is -0.383 e. The van der Waals surface area contributed by atoms with Gasteiger partial charge in [0.05, 0.1) is 5.56 Å². The summed E-state index contributed by atoms with van der Waals surface area (Å²) >= 11 is 5.75. The topological polar surface area (TPSA) is 20.2 Å². The molecule has 0 heterocycles. The van der Waals surface area contributed by atoms with Gasteiger partial charge < -0.3 is 5.11 Å². The zero-order chi connectivity index (χ0) is 15.8. The maximum Gasteiger partial charge on any atom is 0.416 e. The molecule has 0 aliphatic rings. The van der Waals surface area contributed by atoms with Gasteiger partial charge in [0.15, 0.2) is 0 Å². The van der Waals surface area contributed by atoms with Crippen LogP contribution < -0.4 is 0 Å². The van der Waals surface area contributed by atoms with Gasteiger partial charge in [-0.3, -0.25) is 0 Å². The molecule has 0 fully saturated rings. The molecule has 0 saturated carbocycles. The van der Waals surface area contributed by atoms with Gasteiger partial charge in [-0.25, -0.2) is 8.78 Å². The van der Waals surface area contributed by atoms with Gasteiger partial charge in [-0.15, -0.1) is 0 Å². The Bertz CT molecular complexity index is 669. The van der Waals surface area contributed by atoms with E-state index < -0.39 is 35.0 Å². The minimum absolute atomic E-state index is 0.0827. The SMILES string of the molecule is OC(c1cc(C(F)(F)F)ccc1F)c1cc(F)ccc1Cl. The normalized spacial score (nSPS) is 13.3. The van der Waals surface area contributed by atoms with Gasteiger partial charge >= 0.3 is 6.18 Å². The lowest BCUT2D eigenvalue weighted by Gasteiger charge is -2.16. The second-order valence-electron chi connectivity index (χ2n) is 4.30. The van der Waals surface area contributed by atoms with E-state index in [1.165, 1.54) is 0 Å². The summed E-state index contributed by atoms with van der Waals surface area (Å²) in [5.74, 6) is -1.79. The number of rotatable bonds is 2. The maximum atomic E-state index is 13.7. The van der Waals surface area contributed by atoms with Crippen molar-refractivity contribution in [1.29, 1.82) is 0 Å². The number of hydrogen-bond donors (Lipinski definition) is 1. The highest BCUT2D eigenvalue weighted by molar-refractivity contribution is 6.31. The van der Waals surface area contributed by atoms with Crippen molar-refractivity contribution in [2.45, 2.75) is 12.3 Å². The van der Waals surface area contributed by atoms with E-state index in [0.29, 0.717) is 18.2 Å². The third-order valence-electron chi connectivity index (χ3n) is 2.87. The Labute approximate surface area is 121 Å². The molecule has 0 amide bonds. The summed E-state index contributed by atoms with van der Waals surface area (Å²) < 4.78 is 64.7. The molecule has 2 rings (SSSR count). The zero-order valence-electron chi connectivity index (χ0n) is 10.3. The number of aliphatic hydroxyl groups excluding tert-OH is 1. The van der Waals surface area contributed by atoms with Crippen LogP contribution in [0.15, 0.2) is 36.4 Å². The van der Waals surface area contributed by atoms with Gasteiger partial charge in [-0.2, -0.15) is 13.2 Å². The van der Waals surface area contributed by atoms with Crippen LogP contribution in [0.4, 0.5) is 22.0 Å². The number of aliphatic hydroxyl groups is 1. The molecule has 1 atom stereocenters. The summed E-state index contributed by atoms with van der Waals surface area (Å²) in [5.41, 5.74) is -1.96. The van der Waals surface area contributed by atoms with E-state index in [0.717, 1.165) is 18.2 Å². The van der Waals surface area contributed by atoms with Crippen molar-refractivity contribution in [1.82, 2.24) is 0 Å². The van der Waals surface area contributed by atoms with Crippen molar-refractivity contribution >= 4 is 11.6 Å². The highest BCUT2D eigenvalue weighted by Gasteiger charge is 2.32. The molecular weight excluding hydrogens is 315 g/mol. The molecule has 0 bridgehead atoms. The van der Waals surface area contributed by atoms with Crippen molar-refractivity contribution in [2.75, 3.05) is 0 Å². The van der Waals surface area contributed by atoms with Crippen molar-refractivity contribution in [2.24, 2.45) is 0 Å². The van der Waals surface area contributed by atoms with Crippen molar-refractivity contribution in [3.8, 4) is 0 Å². The van der Waals surface area contributed by atoms with Crippen molar-refractivity contribution in [3.63, 3.8) is 0 Å². The predicted octanol–water partition coefficient (Wildman–Crippen LogP) is 4.72. The molecule has 0 aliphatic heterocycles. The summed E-state index contributed by atoms with van der Waals surface area (Å²) in [6, 6.07) is 4.60. The van der Waals surface area contributed by atoms with E-state index >= 15 is 0 Å². The molecule has 21 heavy (non-hydrogen) atoms. The molecule has 1 unspecified atom stereocenters. The van der Waals surface area contributed by atoms with Gasteiger partial charge in [-0.05, 0) is 36.4 Å². The highest BCUT2D eigenvalue weighted by Crippen LogP contribution is 2.35. The molecule has 7 heteroatoms. The molecule has 0 spiro atoms. The van der Waals surface area contributed by atoms with Crippen LogP contribution in [0.1, 0.15) is 22.8 Å². The van der Waals surface area contributed by atoms with Crippen molar-refractivity contribution < 1.29 is 27.1 Å². The van der Waals surface area contributed by atoms with E-state index in [9.17, 15) is 27.1 Å². The first-order valence-electron chi connectivity index (χ1n) is 5.70. The molecule has 2 aromatic rings. The summed E-state index contributed by atoms with van der Waals surface area (Å²) in [7, 11) is 0. The molecule has 0 aliphatic carbocycles. The lowest BCUT2D eigenvalue weighted by Crippen LogP contribution is -2.09. The van der Waals surface area contributed by atoms with E-state index in [1.54, 1.807) is 0 Å². The fraction of sp³-hybridized carbons (Fsp3) is 0.143. The quantitative estimate of drug-likeness (QED) is 0.793. The lowest BCUT2D eigenvalue weighted by molar-refractivity contribution is -0.137. The molecule has 2 aromatic carbocycles. The number of alkyl halides is 3. The minimum atomic E-state index is -4.69. The van der Waals surface area contributed by atoms with E-state index in [1.807, 2.05) is 0 Å². The third-order valence-corrected chi connectivity index (χ3v) is 3.21. The second-order valence-corrected chi connectivity index (χ2v) is 4.71. The Morgan fingerprint density at radius 1 is 0.952 bits per heavy atom. The highest BCUT2D eigenvalue weighted by atomic mass is 35.5. The average Bonchev–Trinajstić information content (AvgIpc) is 2.40. The van der Waals surface area contributed by atoms with Crippen LogP contribution in [0.2, 0.25) is 5.02 Å². The first kappa shape index (κ1) is 15.7. The summed E-state index contributed by atoms with van der Waals surface area (Å²) in [5, 5.41) is 9.93. The summed E-state index contributed by atoms with van der Waals surface area (Å²) in [4.78, 5) is 0. The van der Waals surface area contributed by atoms with Crippen molar-refractivity contribution in [3.05, 3.63) is 69.7 Å². The molecule has 1 nitrogen and oxygen atoms in total. The predicted molar refractivity (Wildman–Crippen MR) is 66.9 cm³/mol. The first-order valence-corrected chi connectivity index (χ1v) is 6.07. The largest absolute Gasteiger partial charge is 0.416 e. The van der Waals surface area contributed by atoms with Gasteiger partial charge in [0.2, 0.25) is 0 Å². The molecule has 1 N–H and O–H groups in total. The Morgan fingerprint density at radius 3 is 2.24 bits per heavy atom. The van der Waals surface area contributed by atoms with Crippen LogP contribution >= 0.6 is 11.6 Å². The Morgan fingerprint density at radius 2 is 1.62 bits per heavy atom. The standard InChI is InChI=1S/C14H8ClF5O/c15-11-3-2-8(16)6-9(11)13(21)10-5-7(14(18,19)20)1-4-12(10)17/h1-6,13,21H. The van der Waals surface area contributed by atoms with Crippen LogP contribution in [-0.4, -0.2) is 5.11 Å². The maximum absolute atomic E-state index is 13.7.